The van der Waals surface area contributed by atoms with E-state index in [1.54, 1.807) is 24.3 Å². The number of aromatic nitrogens is 2. The van der Waals surface area contributed by atoms with E-state index in [2.05, 4.69) is 10.2 Å². The molecule has 2 aromatic heterocycles. The summed E-state index contributed by atoms with van der Waals surface area (Å²) in [5.41, 5.74) is 0.787. The molecule has 0 radical (unpaired) electrons. The van der Waals surface area contributed by atoms with E-state index >= 15 is 0 Å². The number of H-pyrrole nitrogens is 1. The van der Waals surface area contributed by atoms with Crippen molar-refractivity contribution in [1.82, 2.24) is 10.2 Å². The number of rotatable bonds is 1. The monoisotopic (exact) mass is 280 g/mol. The van der Waals surface area contributed by atoms with E-state index < -0.39 is 5.82 Å². The predicted molar refractivity (Wildman–Crippen MR) is 69.6 cm³/mol. The van der Waals surface area contributed by atoms with Gasteiger partial charge in [-0.2, -0.15) is 5.10 Å². The van der Waals surface area contributed by atoms with Gasteiger partial charge in [0.05, 0.1) is 5.56 Å². The number of nitrogens with zero attached hydrogens (tertiary/aromatic N) is 1. The van der Waals surface area contributed by atoms with Gasteiger partial charge in [0.15, 0.2) is 11.4 Å². The highest BCUT2D eigenvalue weighted by molar-refractivity contribution is 7.71. The van der Waals surface area contributed by atoms with E-state index in [4.69, 9.17) is 28.2 Å². The summed E-state index contributed by atoms with van der Waals surface area (Å²) in [4.78, 5) is 0. The first kappa shape index (κ1) is 11.4. The molecule has 0 aliphatic heterocycles. The number of fused-ring (bicyclic) bond motifs is 1. The number of aromatic amines is 1. The van der Waals surface area contributed by atoms with Crippen molar-refractivity contribution in [3.05, 3.63) is 45.9 Å². The molecule has 3 aromatic rings. The van der Waals surface area contributed by atoms with Crippen molar-refractivity contribution in [2.45, 2.75) is 0 Å². The SMILES string of the molecule is Fc1cccc2cc(-c3cc(Cl)n[nH]c3=S)oc12. The smallest absolute Gasteiger partial charge is 0.170 e. The van der Waals surface area contributed by atoms with Gasteiger partial charge in [-0.05, 0) is 18.2 Å². The summed E-state index contributed by atoms with van der Waals surface area (Å²) in [5, 5.41) is 7.30. The molecule has 0 aliphatic rings. The van der Waals surface area contributed by atoms with E-state index in [1.165, 1.54) is 6.07 Å². The van der Waals surface area contributed by atoms with Crippen LogP contribution in [0.4, 0.5) is 4.39 Å². The van der Waals surface area contributed by atoms with Crippen LogP contribution in [0.2, 0.25) is 5.15 Å². The lowest BCUT2D eigenvalue weighted by Gasteiger charge is -1.96. The largest absolute Gasteiger partial charge is 0.453 e. The Balaban J connectivity index is 2.29. The van der Waals surface area contributed by atoms with E-state index in [0.29, 0.717) is 21.4 Å². The number of hydrogen-bond donors (Lipinski definition) is 1. The number of nitrogens with one attached hydrogen (secondary N) is 1. The summed E-state index contributed by atoms with van der Waals surface area (Å²) in [5.74, 6) is 0.0504. The molecule has 0 amide bonds. The van der Waals surface area contributed by atoms with Gasteiger partial charge in [0, 0.05) is 5.39 Å². The molecule has 0 aliphatic carbocycles. The lowest BCUT2D eigenvalue weighted by molar-refractivity contribution is 0.568. The highest BCUT2D eigenvalue weighted by Crippen LogP contribution is 2.30. The lowest BCUT2D eigenvalue weighted by atomic mass is 10.2. The molecule has 3 nitrogen and oxygen atoms in total. The van der Waals surface area contributed by atoms with Crippen LogP contribution in [-0.2, 0) is 0 Å². The maximum absolute atomic E-state index is 13.5. The van der Waals surface area contributed by atoms with Crippen molar-refractivity contribution in [1.29, 1.82) is 0 Å². The van der Waals surface area contributed by atoms with Crippen molar-refractivity contribution in [3.63, 3.8) is 0 Å². The van der Waals surface area contributed by atoms with Crippen LogP contribution >= 0.6 is 23.8 Å². The van der Waals surface area contributed by atoms with E-state index in [-0.39, 0.29) is 10.7 Å². The quantitative estimate of drug-likeness (QED) is 0.674. The van der Waals surface area contributed by atoms with Gasteiger partial charge in [-0.3, -0.25) is 5.10 Å². The average Bonchev–Trinajstić information content (AvgIpc) is 2.77. The minimum atomic E-state index is -0.409. The summed E-state index contributed by atoms with van der Waals surface area (Å²) >= 11 is 10.9. The van der Waals surface area contributed by atoms with Gasteiger partial charge in [-0.15, -0.1) is 0 Å². The molecule has 0 atom stereocenters. The second-order valence-electron chi connectivity index (χ2n) is 3.70. The van der Waals surface area contributed by atoms with Crippen molar-refractivity contribution < 1.29 is 8.81 Å². The molecule has 1 N–H and O–H groups in total. The summed E-state index contributed by atoms with van der Waals surface area (Å²) in [7, 11) is 0. The fourth-order valence-corrected chi connectivity index (χ4v) is 2.08. The van der Waals surface area contributed by atoms with Crippen molar-refractivity contribution in [3.8, 4) is 11.3 Å². The molecule has 1 aromatic carbocycles. The number of para-hydroxylation sites is 1. The highest BCUT2D eigenvalue weighted by Gasteiger charge is 2.11. The molecular weight excluding hydrogens is 275 g/mol. The molecule has 6 heteroatoms. The van der Waals surface area contributed by atoms with E-state index in [0.717, 1.165) is 0 Å². The first-order chi connectivity index (χ1) is 8.65. The maximum Gasteiger partial charge on any atom is 0.170 e. The Morgan fingerprint density at radius 1 is 1.33 bits per heavy atom. The normalized spacial score (nSPS) is 11.0. The molecule has 3 rings (SSSR count). The summed E-state index contributed by atoms with van der Waals surface area (Å²) in [6.45, 7) is 0. The zero-order valence-corrected chi connectivity index (χ0v) is 10.5. The minimum absolute atomic E-state index is 0.204. The van der Waals surface area contributed by atoms with Gasteiger partial charge in [-0.25, -0.2) is 4.39 Å². The Bertz CT molecular complexity index is 796. The van der Waals surface area contributed by atoms with Gasteiger partial charge in [0.1, 0.15) is 15.6 Å². The average molecular weight is 281 g/mol. The first-order valence-electron chi connectivity index (χ1n) is 5.09. The Morgan fingerprint density at radius 3 is 2.94 bits per heavy atom. The third kappa shape index (κ3) is 1.81. The fraction of sp³-hybridized carbons (Fsp3) is 0. The maximum atomic E-state index is 13.5. The molecular formula is C12H6ClFN2OS. The molecule has 0 bridgehead atoms. The molecule has 0 spiro atoms. The fourth-order valence-electron chi connectivity index (χ4n) is 1.72. The molecule has 0 saturated carbocycles. The van der Waals surface area contributed by atoms with Crippen LogP contribution < -0.4 is 0 Å². The Morgan fingerprint density at radius 2 is 2.17 bits per heavy atom. The third-order valence-corrected chi connectivity index (χ3v) is 3.04. The second-order valence-corrected chi connectivity index (χ2v) is 4.50. The van der Waals surface area contributed by atoms with E-state index in [9.17, 15) is 4.39 Å². The van der Waals surface area contributed by atoms with Crippen LogP contribution in [-0.4, -0.2) is 10.2 Å². The summed E-state index contributed by atoms with van der Waals surface area (Å²) in [6, 6.07) is 8.03. The molecule has 0 unspecified atom stereocenters. The van der Waals surface area contributed by atoms with Crippen molar-refractivity contribution in [2.24, 2.45) is 0 Å². The van der Waals surface area contributed by atoms with Crippen LogP contribution in [0.25, 0.3) is 22.3 Å². The molecule has 18 heavy (non-hydrogen) atoms. The number of hydrogen-bond acceptors (Lipinski definition) is 3. The first-order valence-corrected chi connectivity index (χ1v) is 5.87. The molecule has 2 heterocycles. The van der Waals surface area contributed by atoms with Gasteiger partial charge in [0.25, 0.3) is 0 Å². The predicted octanol–water partition coefficient (Wildman–Crippen LogP) is 4.34. The van der Waals surface area contributed by atoms with Crippen LogP contribution in [0.3, 0.4) is 0 Å². The lowest BCUT2D eigenvalue weighted by Crippen LogP contribution is -1.85. The number of halogens is 2. The highest BCUT2D eigenvalue weighted by atomic mass is 35.5. The molecule has 0 saturated heterocycles. The van der Waals surface area contributed by atoms with Gasteiger partial charge < -0.3 is 4.42 Å². The van der Waals surface area contributed by atoms with Crippen LogP contribution in [0.1, 0.15) is 0 Å². The zero-order chi connectivity index (χ0) is 12.7. The Hall–Kier alpha value is -1.72. The minimum Gasteiger partial charge on any atom is -0.453 e. The van der Waals surface area contributed by atoms with Crippen LogP contribution in [0.15, 0.2) is 34.7 Å². The summed E-state index contributed by atoms with van der Waals surface area (Å²) < 4.78 is 19.4. The van der Waals surface area contributed by atoms with Gasteiger partial charge >= 0.3 is 0 Å². The Labute approximate surface area is 111 Å². The van der Waals surface area contributed by atoms with Crippen LogP contribution in [0.5, 0.6) is 0 Å². The standard InChI is InChI=1S/C12H6ClFN2OS/c13-10-5-7(12(18)16-15-10)9-4-6-2-1-3-8(14)11(6)17-9/h1-5H,(H,16,18). The summed E-state index contributed by atoms with van der Waals surface area (Å²) in [6.07, 6.45) is 0. The third-order valence-electron chi connectivity index (χ3n) is 2.53. The van der Waals surface area contributed by atoms with E-state index in [1.807, 2.05) is 0 Å². The number of benzene rings is 1. The number of furan rings is 1. The molecule has 90 valence electrons. The van der Waals surface area contributed by atoms with Crippen molar-refractivity contribution in [2.75, 3.05) is 0 Å². The Kier molecular flexibility index (Phi) is 2.65. The van der Waals surface area contributed by atoms with Gasteiger partial charge in [-0.1, -0.05) is 36.0 Å². The zero-order valence-electron chi connectivity index (χ0n) is 8.91. The topological polar surface area (TPSA) is 41.8 Å². The van der Waals surface area contributed by atoms with Gasteiger partial charge in [0.2, 0.25) is 0 Å². The van der Waals surface area contributed by atoms with Crippen LogP contribution in [0, 0.1) is 10.5 Å². The molecule has 0 fully saturated rings. The van der Waals surface area contributed by atoms with Crippen molar-refractivity contribution >= 4 is 34.8 Å². The second kappa shape index (κ2) is 4.19.